The van der Waals surface area contributed by atoms with Crippen LogP contribution in [0.15, 0.2) is 18.2 Å². The number of hydrogen-bond acceptors (Lipinski definition) is 2. The second kappa shape index (κ2) is 5.88. The van der Waals surface area contributed by atoms with E-state index >= 15 is 0 Å². The molecule has 0 aliphatic rings. The van der Waals surface area contributed by atoms with Gasteiger partial charge in [-0.05, 0) is 6.07 Å². The maximum absolute atomic E-state index is 12.4. The average molecular weight is 334 g/mol. The van der Waals surface area contributed by atoms with Gasteiger partial charge in [-0.15, -0.1) is 0 Å². The minimum atomic E-state index is -5.84. The van der Waals surface area contributed by atoms with E-state index in [2.05, 4.69) is 0 Å². The Hall–Kier alpha value is -1.47. The van der Waals surface area contributed by atoms with Crippen molar-refractivity contribution >= 4 is 15.8 Å². The molecule has 0 unspecified atom stereocenters. The van der Waals surface area contributed by atoms with Crippen LogP contribution in [0.3, 0.4) is 0 Å². The standard InChI is InChI=1S/C6H3F5N.CHF3O3S/c7-4-2-1-3-5(6(4)8)12(9,10)11;2-1(3,4)8(5,6)7/h1-3H;(H,5,6,7)/q+1;. The van der Waals surface area contributed by atoms with Crippen LogP contribution in [0.1, 0.15) is 0 Å². The lowest BCUT2D eigenvalue weighted by Crippen LogP contribution is -2.21. The summed E-state index contributed by atoms with van der Waals surface area (Å²) in [5.74, 6) is -3.40. The quantitative estimate of drug-likeness (QED) is 0.371. The molecule has 1 rings (SSSR count). The summed E-state index contributed by atoms with van der Waals surface area (Å²) < 4.78 is 117. The van der Waals surface area contributed by atoms with Gasteiger partial charge in [0.25, 0.3) is 10.8 Å². The van der Waals surface area contributed by atoms with Gasteiger partial charge >= 0.3 is 15.6 Å². The fraction of sp³-hybridized carbons (Fsp3) is 0.143. The summed E-state index contributed by atoms with van der Waals surface area (Å²) in [5.41, 5.74) is -7.18. The van der Waals surface area contributed by atoms with Gasteiger partial charge < -0.3 is 0 Å². The summed E-state index contributed by atoms with van der Waals surface area (Å²) in [6.07, 6.45) is 0. The van der Waals surface area contributed by atoms with Gasteiger partial charge in [-0.25, -0.2) is 4.39 Å². The molecule has 0 aliphatic carbocycles. The molecule has 0 aromatic heterocycles. The SMILES string of the molecule is Fc1cccc([N+](F)(F)F)c1F.O=S(=O)(O)C(F)(F)F. The van der Waals surface area contributed by atoms with Crippen molar-refractivity contribution in [2.24, 2.45) is 0 Å². The second-order valence-electron chi connectivity index (χ2n) is 2.94. The fourth-order valence-electron chi connectivity index (χ4n) is 0.688. The van der Waals surface area contributed by atoms with Crippen molar-refractivity contribution in [3.05, 3.63) is 29.8 Å². The minimum absolute atomic E-state index is 0.457. The summed E-state index contributed by atoms with van der Waals surface area (Å²) in [7, 11) is -5.84. The van der Waals surface area contributed by atoms with Gasteiger partial charge in [-0.1, -0.05) is 6.07 Å². The van der Waals surface area contributed by atoms with Crippen LogP contribution in [-0.4, -0.2) is 18.5 Å². The van der Waals surface area contributed by atoms with Crippen LogP contribution in [0.25, 0.3) is 0 Å². The molecular weight excluding hydrogens is 330 g/mol. The Labute approximate surface area is 106 Å². The molecule has 1 aromatic rings. The normalized spacial score (nSPS) is 12.7. The number of quaternary nitrogens is 1. The maximum Gasteiger partial charge on any atom is 0.522 e. The van der Waals surface area contributed by atoms with Gasteiger partial charge in [0.2, 0.25) is 5.82 Å². The van der Waals surface area contributed by atoms with Crippen LogP contribution in [-0.2, 0) is 10.1 Å². The molecule has 0 spiro atoms. The molecule has 0 atom stereocenters. The molecule has 0 aliphatic heterocycles. The highest BCUT2D eigenvalue weighted by atomic mass is 32.2. The van der Waals surface area contributed by atoms with Crippen LogP contribution in [0.4, 0.5) is 41.1 Å². The van der Waals surface area contributed by atoms with Crippen LogP contribution in [0.2, 0.25) is 0 Å². The highest BCUT2D eigenvalue weighted by molar-refractivity contribution is 7.86. The topological polar surface area (TPSA) is 54.4 Å². The lowest BCUT2D eigenvalue weighted by atomic mass is 10.3. The largest absolute Gasteiger partial charge is 0.522 e. The third-order valence-corrected chi connectivity index (χ3v) is 2.08. The molecule has 0 heterocycles. The highest BCUT2D eigenvalue weighted by Gasteiger charge is 2.44. The average Bonchev–Trinajstić information content (AvgIpc) is 2.18. The Morgan fingerprint density at radius 3 is 1.70 bits per heavy atom. The Balaban J connectivity index is 0.000000396. The molecule has 1 aromatic carbocycles. The summed E-state index contributed by atoms with van der Waals surface area (Å²) in [6.45, 7) is 0. The molecule has 0 bridgehead atoms. The third kappa shape index (κ3) is 5.26. The van der Waals surface area contributed by atoms with E-state index in [0.29, 0.717) is 12.1 Å². The lowest BCUT2D eigenvalue weighted by Gasteiger charge is -2.00. The molecule has 0 amide bonds. The number of nitrogens with zero attached hydrogens (tertiary/aromatic N) is 1. The minimum Gasteiger partial charge on any atom is -0.279 e. The number of benzene rings is 1. The van der Waals surface area contributed by atoms with Crippen LogP contribution in [0, 0.1) is 11.6 Å². The van der Waals surface area contributed by atoms with E-state index in [1.165, 1.54) is 0 Å². The van der Waals surface area contributed by atoms with Crippen molar-refractivity contribution in [2.45, 2.75) is 5.51 Å². The molecule has 1 N–H and O–H groups in total. The van der Waals surface area contributed by atoms with E-state index in [-0.39, 0.29) is 0 Å². The lowest BCUT2D eigenvalue weighted by molar-refractivity contribution is -0.280. The Bertz CT molecular complexity index is 564. The molecule has 0 fully saturated rings. The first-order valence-corrected chi connectivity index (χ1v) is 5.58. The molecule has 0 saturated heterocycles. The van der Waals surface area contributed by atoms with Gasteiger partial charge in [0, 0.05) is 6.07 Å². The van der Waals surface area contributed by atoms with Gasteiger partial charge in [0.1, 0.15) is 0 Å². The predicted octanol–water partition coefficient (Wildman–Crippen LogP) is 3.32. The Morgan fingerprint density at radius 2 is 1.45 bits per heavy atom. The summed E-state index contributed by atoms with van der Waals surface area (Å²) in [4.78, 5) is 0. The molecular formula is C7H4F8NO3S+. The zero-order valence-electron chi connectivity index (χ0n) is 8.87. The van der Waals surface area contributed by atoms with E-state index in [1.54, 1.807) is 0 Å². The first kappa shape index (κ1) is 18.5. The van der Waals surface area contributed by atoms with E-state index in [9.17, 15) is 35.4 Å². The van der Waals surface area contributed by atoms with Crippen molar-refractivity contribution < 1.29 is 48.4 Å². The van der Waals surface area contributed by atoms with E-state index in [1.807, 2.05) is 0 Å². The molecule has 0 saturated carbocycles. The van der Waals surface area contributed by atoms with Gasteiger partial charge in [-0.2, -0.15) is 26.0 Å². The van der Waals surface area contributed by atoms with Crippen molar-refractivity contribution in [2.75, 3.05) is 0 Å². The second-order valence-corrected chi connectivity index (χ2v) is 4.35. The van der Waals surface area contributed by atoms with Crippen molar-refractivity contribution in [1.29, 1.82) is 0 Å². The van der Waals surface area contributed by atoms with Crippen LogP contribution >= 0.6 is 0 Å². The summed E-state index contributed by atoms with van der Waals surface area (Å²) in [5, 5.41) is -4.22. The zero-order chi connectivity index (χ0) is 16.4. The fourth-order valence-corrected chi connectivity index (χ4v) is 0.688. The molecule has 20 heavy (non-hydrogen) atoms. The molecule has 13 heteroatoms. The first-order chi connectivity index (χ1) is 8.68. The monoisotopic (exact) mass is 334 g/mol. The smallest absolute Gasteiger partial charge is 0.279 e. The van der Waals surface area contributed by atoms with E-state index in [0.717, 1.165) is 6.07 Å². The summed E-state index contributed by atoms with van der Waals surface area (Å²) in [6, 6.07) is 1.87. The Morgan fingerprint density at radius 1 is 1.05 bits per heavy atom. The number of alkyl halides is 3. The van der Waals surface area contributed by atoms with E-state index < -0.39 is 38.1 Å². The van der Waals surface area contributed by atoms with Gasteiger partial charge in [0.05, 0.1) is 13.4 Å². The Kier molecular flexibility index (Phi) is 5.45. The number of rotatable bonds is 1. The maximum atomic E-state index is 12.4. The van der Waals surface area contributed by atoms with Crippen molar-refractivity contribution in [1.82, 2.24) is 5.15 Å². The van der Waals surface area contributed by atoms with Crippen LogP contribution in [0.5, 0.6) is 0 Å². The molecule has 116 valence electrons. The number of hydrogen-bond donors (Lipinski definition) is 1. The van der Waals surface area contributed by atoms with E-state index in [4.69, 9.17) is 13.0 Å². The first-order valence-electron chi connectivity index (χ1n) is 4.14. The third-order valence-electron chi connectivity index (χ3n) is 1.50. The number of halogens is 8. The predicted molar refractivity (Wildman–Crippen MR) is 49.1 cm³/mol. The van der Waals surface area contributed by atoms with Gasteiger partial charge in [-0.3, -0.25) is 4.55 Å². The van der Waals surface area contributed by atoms with Crippen molar-refractivity contribution in [3.8, 4) is 0 Å². The van der Waals surface area contributed by atoms with Crippen LogP contribution < -0.4 is 5.15 Å². The van der Waals surface area contributed by atoms with Crippen molar-refractivity contribution in [3.63, 3.8) is 0 Å². The molecule has 4 nitrogen and oxygen atoms in total. The highest BCUT2D eigenvalue weighted by Crippen LogP contribution is 2.29. The van der Waals surface area contributed by atoms with Gasteiger partial charge in [0.15, 0.2) is 5.82 Å². The molecule has 0 radical (unpaired) electrons. The summed E-state index contributed by atoms with van der Waals surface area (Å²) >= 11 is 0. The zero-order valence-corrected chi connectivity index (χ0v) is 9.69.